The Labute approximate surface area is 187 Å². The summed E-state index contributed by atoms with van der Waals surface area (Å²) in [6.07, 6.45) is 1.70. The molecule has 1 aromatic heterocycles. The first-order valence-electron chi connectivity index (χ1n) is 9.14. The van der Waals surface area contributed by atoms with Crippen LogP contribution in [0.1, 0.15) is 16.2 Å². The number of allylic oxidation sites excluding steroid dienone is 1. The van der Waals surface area contributed by atoms with Crippen LogP contribution < -0.4 is 10.1 Å². The molecule has 0 aliphatic heterocycles. The van der Waals surface area contributed by atoms with Gasteiger partial charge >= 0.3 is 5.97 Å². The number of ether oxygens (including phenoxy) is 1. The highest BCUT2D eigenvalue weighted by Gasteiger charge is 2.15. The highest BCUT2D eigenvalue weighted by Crippen LogP contribution is 2.25. The van der Waals surface area contributed by atoms with Crippen molar-refractivity contribution >= 4 is 40.9 Å². The van der Waals surface area contributed by atoms with Gasteiger partial charge in [0, 0.05) is 12.2 Å². The Hall–Kier alpha value is -3.30. The lowest BCUT2D eigenvalue weighted by Crippen LogP contribution is -2.15. The predicted molar refractivity (Wildman–Crippen MR) is 119 cm³/mol. The van der Waals surface area contributed by atoms with Crippen molar-refractivity contribution in [1.29, 1.82) is 0 Å². The molecule has 1 heterocycles. The number of carboxylic acid groups (broad SMARTS) is 1. The number of aromatic carboxylic acids is 1. The number of carbonyl (C=O) groups is 2. The van der Waals surface area contributed by atoms with Crippen molar-refractivity contribution in [2.75, 3.05) is 11.1 Å². The Bertz CT molecular complexity index is 1090. The number of anilines is 1. The maximum Gasteiger partial charge on any atom is 0.335 e. The van der Waals surface area contributed by atoms with E-state index in [0.29, 0.717) is 34.0 Å². The van der Waals surface area contributed by atoms with Crippen LogP contribution in [-0.4, -0.2) is 37.5 Å². The van der Waals surface area contributed by atoms with Crippen molar-refractivity contribution in [3.05, 3.63) is 77.6 Å². The third kappa shape index (κ3) is 6.09. The highest BCUT2D eigenvalue weighted by atomic mass is 35.5. The van der Waals surface area contributed by atoms with Gasteiger partial charge in [0.15, 0.2) is 11.0 Å². The fourth-order valence-electron chi connectivity index (χ4n) is 2.57. The molecular formula is C21H19ClN4O4S. The molecule has 8 nitrogen and oxygen atoms in total. The number of para-hydroxylation sites is 1. The number of carbonyl (C=O) groups excluding carboxylic acids is 1. The van der Waals surface area contributed by atoms with Crippen molar-refractivity contribution in [3.63, 3.8) is 0 Å². The van der Waals surface area contributed by atoms with Gasteiger partial charge in [-0.05, 0) is 36.4 Å². The van der Waals surface area contributed by atoms with Crippen molar-refractivity contribution in [2.45, 2.75) is 18.3 Å². The Morgan fingerprint density at radius 1 is 1.19 bits per heavy atom. The molecule has 10 heteroatoms. The third-order valence-electron chi connectivity index (χ3n) is 4.05. The molecule has 0 fully saturated rings. The van der Waals surface area contributed by atoms with Gasteiger partial charge in [-0.1, -0.05) is 41.6 Å². The minimum atomic E-state index is -1.02. The summed E-state index contributed by atoms with van der Waals surface area (Å²) in [7, 11) is 0. The van der Waals surface area contributed by atoms with Crippen LogP contribution in [-0.2, 0) is 17.9 Å². The molecule has 0 bridgehead atoms. The largest absolute Gasteiger partial charge is 0.484 e. The number of nitrogens with one attached hydrogen (secondary N) is 1. The lowest BCUT2D eigenvalue weighted by molar-refractivity contribution is -0.113. The second kappa shape index (κ2) is 10.6. The zero-order valence-corrected chi connectivity index (χ0v) is 17.9. The summed E-state index contributed by atoms with van der Waals surface area (Å²) in [6.45, 7) is 4.37. The standard InChI is InChI=1S/C21H19ClN4O4S/c1-2-11-26-18(12-30-17-6-4-3-5-16(17)22)24-25-21(26)31-13-19(27)23-15-9-7-14(8-10-15)20(28)29/h2-10H,1,11-13H2,(H,23,27)(H,28,29). The number of benzene rings is 2. The van der Waals surface area contributed by atoms with Crippen LogP contribution in [0.3, 0.4) is 0 Å². The van der Waals surface area contributed by atoms with Crippen LogP contribution in [0.25, 0.3) is 0 Å². The smallest absolute Gasteiger partial charge is 0.335 e. The number of carboxylic acids is 1. The number of thioether (sulfide) groups is 1. The molecular weight excluding hydrogens is 440 g/mol. The van der Waals surface area contributed by atoms with Crippen LogP contribution in [0.2, 0.25) is 5.02 Å². The summed E-state index contributed by atoms with van der Waals surface area (Å²) in [5, 5.41) is 21.0. The first kappa shape index (κ1) is 22.4. The molecule has 0 unspecified atom stereocenters. The number of hydrogen-bond acceptors (Lipinski definition) is 6. The zero-order chi connectivity index (χ0) is 22.2. The summed E-state index contributed by atoms with van der Waals surface area (Å²) in [5.41, 5.74) is 0.661. The highest BCUT2D eigenvalue weighted by molar-refractivity contribution is 7.99. The summed E-state index contributed by atoms with van der Waals surface area (Å²) >= 11 is 7.33. The molecule has 3 aromatic rings. The Balaban J connectivity index is 1.60. The number of aromatic nitrogens is 3. The quantitative estimate of drug-likeness (QED) is 0.347. The van der Waals surface area contributed by atoms with E-state index in [4.69, 9.17) is 21.4 Å². The van der Waals surface area contributed by atoms with Gasteiger partial charge in [-0.3, -0.25) is 9.36 Å². The SMILES string of the molecule is C=CCn1c(COc2ccccc2Cl)nnc1SCC(=O)Nc1ccc(C(=O)O)cc1. The third-order valence-corrected chi connectivity index (χ3v) is 5.33. The minimum absolute atomic E-state index is 0.0985. The van der Waals surface area contributed by atoms with E-state index in [-0.39, 0.29) is 23.8 Å². The Kier molecular flexibility index (Phi) is 7.69. The average Bonchev–Trinajstić information content (AvgIpc) is 3.14. The summed E-state index contributed by atoms with van der Waals surface area (Å²) < 4.78 is 7.54. The molecule has 1 amide bonds. The van der Waals surface area contributed by atoms with Crippen molar-refractivity contribution in [1.82, 2.24) is 14.8 Å². The van der Waals surface area contributed by atoms with Crippen LogP contribution in [0, 0.1) is 0 Å². The maximum absolute atomic E-state index is 12.3. The maximum atomic E-state index is 12.3. The Morgan fingerprint density at radius 3 is 2.61 bits per heavy atom. The van der Waals surface area contributed by atoms with E-state index in [9.17, 15) is 9.59 Å². The second-order valence-electron chi connectivity index (χ2n) is 6.24. The van der Waals surface area contributed by atoms with Gasteiger partial charge in [-0.15, -0.1) is 16.8 Å². The van der Waals surface area contributed by atoms with E-state index in [0.717, 1.165) is 0 Å². The first-order chi connectivity index (χ1) is 15.0. The van der Waals surface area contributed by atoms with E-state index in [1.807, 2.05) is 16.7 Å². The second-order valence-corrected chi connectivity index (χ2v) is 7.59. The molecule has 0 aliphatic rings. The number of nitrogens with zero attached hydrogens (tertiary/aromatic N) is 3. The number of hydrogen-bond donors (Lipinski definition) is 2. The van der Waals surface area contributed by atoms with Crippen molar-refractivity contribution in [3.8, 4) is 5.75 Å². The fraction of sp³-hybridized carbons (Fsp3) is 0.143. The van der Waals surface area contributed by atoms with Crippen LogP contribution in [0.15, 0.2) is 66.3 Å². The van der Waals surface area contributed by atoms with Gasteiger partial charge in [0.25, 0.3) is 0 Å². The van der Waals surface area contributed by atoms with E-state index >= 15 is 0 Å². The van der Waals surface area contributed by atoms with Gasteiger partial charge in [0.2, 0.25) is 5.91 Å². The van der Waals surface area contributed by atoms with Crippen LogP contribution >= 0.6 is 23.4 Å². The molecule has 0 saturated heterocycles. The normalized spacial score (nSPS) is 10.5. The fourth-order valence-corrected chi connectivity index (χ4v) is 3.53. The molecule has 160 valence electrons. The number of halogens is 1. The lowest BCUT2D eigenvalue weighted by Gasteiger charge is -2.10. The minimum Gasteiger partial charge on any atom is -0.484 e. The van der Waals surface area contributed by atoms with Crippen LogP contribution in [0.4, 0.5) is 5.69 Å². The van der Waals surface area contributed by atoms with E-state index in [1.54, 1.807) is 18.2 Å². The molecule has 31 heavy (non-hydrogen) atoms. The van der Waals surface area contributed by atoms with E-state index < -0.39 is 5.97 Å². The topological polar surface area (TPSA) is 106 Å². The Morgan fingerprint density at radius 2 is 1.94 bits per heavy atom. The van der Waals surface area contributed by atoms with Gasteiger partial charge in [-0.2, -0.15) is 0 Å². The first-order valence-corrected chi connectivity index (χ1v) is 10.5. The van der Waals surface area contributed by atoms with Crippen molar-refractivity contribution < 1.29 is 19.4 Å². The molecule has 0 atom stereocenters. The van der Waals surface area contributed by atoms with Crippen LogP contribution in [0.5, 0.6) is 5.75 Å². The van der Waals surface area contributed by atoms with Crippen molar-refractivity contribution in [2.24, 2.45) is 0 Å². The van der Waals surface area contributed by atoms with Gasteiger partial charge in [0.1, 0.15) is 12.4 Å². The zero-order valence-electron chi connectivity index (χ0n) is 16.3. The molecule has 3 rings (SSSR count). The van der Waals surface area contributed by atoms with Gasteiger partial charge in [0.05, 0.1) is 16.3 Å². The predicted octanol–water partition coefficient (Wildman–Crippen LogP) is 4.13. The molecule has 0 spiro atoms. The molecule has 0 radical (unpaired) electrons. The average molecular weight is 459 g/mol. The van der Waals surface area contributed by atoms with E-state index in [2.05, 4.69) is 22.1 Å². The molecule has 0 saturated carbocycles. The van der Waals surface area contributed by atoms with E-state index in [1.165, 1.54) is 36.0 Å². The summed E-state index contributed by atoms with van der Waals surface area (Å²) in [4.78, 5) is 23.2. The molecule has 0 aliphatic carbocycles. The number of rotatable bonds is 10. The number of amides is 1. The molecule has 2 N–H and O–H groups in total. The van der Waals surface area contributed by atoms with Gasteiger partial charge < -0.3 is 15.2 Å². The summed E-state index contributed by atoms with van der Waals surface area (Å²) in [5.74, 6) is -0.0624. The summed E-state index contributed by atoms with van der Waals surface area (Å²) in [6, 6.07) is 13.1. The lowest BCUT2D eigenvalue weighted by atomic mass is 10.2. The molecule has 2 aromatic carbocycles. The monoisotopic (exact) mass is 458 g/mol. The van der Waals surface area contributed by atoms with Gasteiger partial charge in [-0.25, -0.2) is 4.79 Å².